The molecule has 0 rings (SSSR count). The summed E-state index contributed by atoms with van der Waals surface area (Å²) in [6, 6.07) is 0. The van der Waals surface area contributed by atoms with Crippen molar-refractivity contribution < 1.29 is 19.4 Å². The third kappa shape index (κ3) is 27.5. The second-order valence-electron chi connectivity index (χ2n) is 11.1. The van der Waals surface area contributed by atoms with E-state index in [1.165, 1.54) is 134 Å². The molecule has 0 spiro atoms. The first kappa shape index (κ1) is 36.4. The Hall–Kier alpha value is -1.58. The van der Waals surface area contributed by atoms with Gasteiger partial charge in [-0.25, -0.2) is 0 Å². The summed E-state index contributed by atoms with van der Waals surface area (Å²) in [6.07, 6.45) is 37.1. The van der Waals surface area contributed by atoms with Gasteiger partial charge in [-0.2, -0.15) is 0 Å². The highest BCUT2D eigenvalue weighted by Gasteiger charge is 2.22. The Morgan fingerprint density at radius 3 is 1.45 bits per heavy atom. The zero-order valence-corrected chi connectivity index (χ0v) is 25.1. The molecule has 0 saturated carbocycles. The minimum absolute atomic E-state index is 0.145. The third-order valence-electron chi connectivity index (χ3n) is 7.39. The van der Waals surface area contributed by atoms with E-state index in [0.29, 0.717) is 6.42 Å². The van der Waals surface area contributed by atoms with Crippen molar-refractivity contribution in [2.24, 2.45) is 5.92 Å². The molecule has 0 aliphatic rings. The molecule has 1 atom stereocenters. The quantitative estimate of drug-likeness (QED) is 0.0565. The van der Waals surface area contributed by atoms with E-state index in [2.05, 4.69) is 25.7 Å². The Kier molecular flexibility index (Phi) is 28.7. The Balaban J connectivity index is 3.33. The van der Waals surface area contributed by atoms with E-state index in [0.717, 1.165) is 19.3 Å². The van der Waals surface area contributed by atoms with E-state index in [9.17, 15) is 9.59 Å². The van der Waals surface area contributed by atoms with Crippen molar-refractivity contribution in [3.05, 3.63) is 24.8 Å². The predicted octanol–water partition coefficient (Wildman–Crippen LogP) is 10.7. The molecular formula is C34H62O4. The molecule has 0 bridgehead atoms. The summed E-state index contributed by atoms with van der Waals surface area (Å²) >= 11 is 0. The molecule has 0 fully saturated rings. The lowest BCUT2D eigenvalue weighted by Crippen LogP contribution is -2.21. The summed E-state index contributed by atoms with van der Waals surface area (Å²) in [6.45, 7) is 5.91. The van der Waals surface area contributed by atoms with E-state index < -0.39 is 17.9 Å². The average Bonchev–Trinajstić information content (AvgIpc) is 2.90. The molecule has 0 amide bonds. The van der Waals surface area contributed by atoms with E-state index in [-0.39, 0.29) is 13.0 Å². The maximum absolute atomic E-state index is 12.0. The number of carbonyl (C=O) groups is 2. The number of hydrogen-bond acceptors (Lipinski definition) is 3. The first-order valence-electron chi connectivity index (χ1n) is 16.3. The molecule has 222 valence electrons. The van der Waals surface area contributed by atoms with Gasteiger partial charge in [0.25, 0.3) is 0 Å². The van der Waals surface area contributed by atoms with Crippen molar-refractivity contribution in [2.45, 2.75) is 167 Å². The second-order valence-corrected chi connectivity index (χ2v) is 11.1. The highest BCUT2D eigenvalue weighted by molar-refractivity contribution is 5.79. The number of carboxylic acid groups (broad SMARTS) is 1. The second kappa shape index (κ2) is 30.0. The summed E-state index contributed by atoms with van der Waals surface area (Å²) in [5, 5.41) is 9.02. The minimum Gasteiger partial charge on any atom is -0.481 e. The van der Waals surface area contributed by atoms with Crippen LogP contribution in [0.2, 0.25) is 0 Å². The zero-order valence-electron chi connectivity index (χ0n) is 25.1. The zero-order chi connectivity index (χ0) is 27.9. The number of carbonyl (C=O) groups excluding carboxylic acids is 1. The number of unbranched alkanes of at least 4 members (excludes halogenated alkanes) is 21. The molecule has 1 N–H and O–H groups in total. The highest BCUT2D eigenvalue weighted by atomic mass is 16.5. The van der Waals surface area contributed by atoms with Gasteiger partial charge in [0, 0.05) is 0 Å². The van der Waals surface area contributed by atoms with Gasteiger partial charge in [-0.1, -0.05) is 160 Å². The topological polar surface area (TPSA) is 63.6 Å². The number of hydrogen-bond donors (Lipinski definition) is 1. The first-order valence-corrected chi connectivity index (χ1v) is 16.3. The predicted molar refractivity (Wildman–Crippen MR) is 163 cm³/mol. The van der Waals surface area contributed by atoms with Crippen LogP contribution in [0.5, 0.6) is 0 Å². The number of allylic oxidation sites excluding steroid dienone is 2. The van der Waals surface area contributed by atoms with Crippen LogP contribution in [0.15, 0.2) is 24.8 Å². The number of aliphatic carboxylic acids is 1. The Morgan fingerprint density at radius 2 is 1.05 bits per heavy atom. The molecule has 0 aliphatic heterocycles. The molecule has 38 heavy (non-hydrogen) atoms. The third-order valence-corrected chi connectivity index (χ3v) is 7.39. The number of ether oxygens (including phenoxy) is 1. The van der Waals surface area contributed by atoms with Crippen molar-refractivity contribution in [3.63, 3.8) is 0 Å². The van der Waals surface area contributed by atoms with Crippen LogP contribution in [0, 0.1) is 5.92 Å². The van der Waals surface area contributed by atoms with Crippen LogP contribution < -0.4 is 0 Å². The maximum atomic E-state index is 12.0. The fourth-order valence-corrected chi connectivity index (χ4v) is 5.01. The van der Waals surface area contributed by atoms with Gasteiger partial charge in [-0.05, 0) is 25.7 Å². The van der Waals surface area contributed by atoms with Gasteiger partial charge < -0.3 is 9.84 Å². The van der Waals surface area contributed by atoms with Crippen molar-refractivity contribution >= 4 is 11.9 Å². The van der Waals surface area contributed by atoms with Crippen LogP contribution in [-0.4, -0.2) is 23.7 Å². The molecule has 0 aromatic carbocycles. The lowest BCUT2D eigenvalue weighted by atomic mass is 9.97. The van der Waals surface area contributed by atoms with Crippen LogP contribution >= 0.6 is 0 Å². The van der Waals surface area contributed by atoms with Gasteiger partial charge in [0.05, 0.1) is 12.3 Å². The molecule has 4 nitrogen and oxygen atoms in total. The van der Waals surface area contributed by atoms with E-state index in [1.54, 1.807) is 0 Å². The van der Waals surface area contributed by atoms with Crippen molar-refractivity contribution in [3.8, 4) is 0 Å². The standard InChI is InChI=1S/C34H62O4/c1-3-5-6-7-8-9-10-11-12-13-14-15-16-17-18-19-20-21-22-23-24-25-26-27-28-29-32(31-33(35)36)34(37)38-30-4-2/h4,6-7,32H,2-3,5,8-31H2,1H3,(H,35,36)/b7-6+. The normalized spacial score (nSPS) is 12.1. The molecular weight excluding hydrogens is 472 g/mol. The van der Waals surface area contributed by atoms with Crippen molar-refractivity contribution in [2.75, 3.05) is 6.61 Å². The molecule has 0 aromatic heterocycles. The van der Waals surface area contributed by atoms with Crippen LogP contribution in [-0.2, 0) is 14.3 Å². The van der Waals surface area contributed by atoms with Crippen LogP contribution in [0.4, 0.5) is 0 Å². The summed E-state index contributed by atoms with van der Waals surface area (Å²) in [5.41, 5.74) is 0. The molecule has 0 aliphatic carbocycles. The Bertz CT molecular complexity index is 569. The summed E-state index contributed by atoms with van der Waals surface area (Å²) in [5.74, 6) is -1.88. The van der Waals surface area contributed by atoms with E-state index >= 15 is 0 Å². The fraction of sp³-hybridized carbons (Fsp3) is 0.824. The Labute approximate surface area is 236 Å². The van der Waals surface area contributed by atoms with Gasteiger partial charge in [0.15, 0.2) is 0 Å². The number of carboxylic acids is 1. The number of esters is 1. The summed E-state index contributed by atoms with van der Waals surface area (Å²) < 4.78 is 5.04. The van der Waals surface area contributed by atoms with E-state index in [4.69, 9.17) is 9.84 Å². The van der Waals surface area contributed by atoms with Gasteiger partial charge in [0.1, 0.15) is 6.61 Å². The van der Waals surface area contributed by atoms with Gasteiger partial charge in [0.2, 0.25) is 0 Å². The SMILES string of the molecule is C=CCOC(=O)C(CCCCCCCCCCCCCCCCCCCCCC/C=C/CCC)CC(=O)O. The minimum atomic E-state index is -0.941. The molecule has 0 saturated heterocycles. The molecule has 1 unspecified atom stereocenters. The van der Waals surface area contributed by atoms with Gasteiger partial charge >= 0.3 is 11.9 Å². The molecule has 0 heterocycles. The fourth-order valence-electron chi connectivity index (χ4n) is 5.01. The summed E-state index contributed by atoms with van der Waals surface area (Å²) in [4.78, 5) is 23.0. The first-order chi connectivity index (χ1) is 18.6. The van der Waals surface area contributed by atoms with E-state index in [1.807, 2.05) is 0 Å². The maximum Gasteiger partial charge on any atom is 0.309 e. The average molecular weight is 535 g/mol. The van der Waals surface area contributed by atoms with Crippen LogP contribution in [0.25, 0.3) is 0 Å². The number of rotatable bonds is 30. The lowest BCUT2D eigenvalue weighted by Gasteiger charge is -2.13. The molecule has 4 heteroatoms. The molecule has 0 radical (unpaired) electrons. The van der Waals surface area contributed by atoms with Crippen molar-refractivity contribution in [1.29, 1.82) is 0 Å². The Morgan fingerprint density at radius 1 is 0.658 bits per heavy atom. The molecule has 0 aromatic rings. The highest BCUT2D eigenvalue weighted by Crippen LogP contribution is 2.18. The lowest BCUT2D eigenvalue weighted by molar-refractivity contribution is -0.152. The van der Waals surface area contributed by atoms with Crippen LogP contribution in [0.3, 0.4) is 0 Å². The van der Waals surface area contributed by atoms with Crippen molar-refractivity contribution in [1.82, 2.24) is 0 Å². The monoisotopic (exact) mass is 534 g/mol. The smallest absolute Gasteiger partial charge is 0.309 e. The summed E-state index contributed by atoms with van der Waals surface area (Å²) in [7, 11) is 0. The van der Waals surface area contributed by atoms with Crippen LogP contribution in [0.1, 0.15) is 167 Å². The largest absolute Gasteiger partial charge is 0.481 e. The van der Waals surface area contributed by atoms with Gasteiger partial charge in [-0.15, -0.1) is 0 Å². The van der Waals surface area contributed by atoms with Gasteiger partial charge in [-0.3, -0.25) is 9.59 Å².